The predicted molar refractivity (Wildman–Crippen MR) is 66.3 cm³/mol. The molecule has 1 aromatic carbocycles. The van der Waals surface area contributed by atoms with Crippen molar-refractivity contribution in [2.24, 2.45) is 5.41 Å². The third-order valence-corrected chi connectivity index (χ3v) is 3.87. The van der Waals surface area contributed by atoms with Crippen LogP contribution in [0.15, 0.2) is 30.3 Å². The predicted octanol–water partition coefficient (Wildman–Crippen LogP) is 1.87. The van der Waals surface area contributed by atoms with Crippen molar-refractivity contribution in [3.05, 3.63) is 35.9 Å². The summed E-state index contributed by atoms with van der Waals surface area (Å²) in [7, 11) is 0. The van der Waals surface area contributed by atoms with Crippen LogP contribution in [-0.2, 0) is 6.54 Å². The van der Waals surface area contributed by atoms with Gasteiger partial charge in [0.05, 0.1) is 0 Å². The lowest BCUT2D eigenvalue weighted by Gasteiger charge is -2.23. The molecule has 1 heterocycles. The highest BCUT2D eigenvalue weighted by atomic mass is 15.2. The van der Waals surface area contributed by atoms with Crippen LogP contribution >= 0.6 is 0 Å². The van der Waals surface area contributed by atoms with E-state index in [0.29, 0.717) is 5.41 Å². The molecule has 3 rings (SSSR count). The van der Waals surface area contributed by atoms with Crippen molar-refractivity contribution >= 4 is 0 Å². The standard InChI is InChI=1S/C14H20N2/c1-2-4-13(5-3-1)10-16-9-8-15-11-14(12-16)6-7-14/h1-5,15H,6-12H2. The van der Waals surface area contributed by atoms with Gasteiger partial charge in [0.2, 0.25) is 0 Å². The Morgan fingerprint density at radius 3 is 2.75 bits per heavy atom. The Hall–Kier alpha value is -0.860. The van der Waals surface area contributed by atoms with Crippen molar-refractivity contribution in [3.8, 4) is 0 Å². The molecular formula is C14H20N2. The zero-order valence-electron chi connectivity index (χ0n) is 9.78. The van der Waals surface area contributed by atoms with E-state index in [-0.39, 0.29) is 0 Å². The van der Waals surface area contributed by atoms with Gasteiger partial charge < -0.3 is 5.32 Å². The van der Waals surface area contributed by atoms with Crippen molar-refractivity contribution in [2.45, 2.75) is 19.4 Å². The van der Waals surface area contributed by atoms with Crippen molar-refractivity contribution in [3.63, 3.8) is 0 Å². The maximum absolute atomic E-state index is 3.57. The number of hydrogen-bond donors (Lipinski definition) is 1. The summed E-state index contributed by atoms with van der Waals surface area (Å²) in [5, 5.41) is 3.57. The highest BCUT2D eigenvalue weighted by molar-refractivity contribution is 5.14. The lowest BCUT2D eigenvalue weighted by atomic mass is 10.1. The highest BCUT2D eigenvalue weighted by Crippen LogP contribution is 2.46. The first-order valence-corrected chi connectivity index (χ1v) is 6.33. The van der Waals surface area contributed by atoms with Crippen LogP contribution in [0.4, 0.5) is 0 Å². The van der Waals surface area contributed by atoms with Gasteiger partial charge in [0.1, 0.15) is 0 Å². The van der Waals surface area contributed by atoms with Gasteiger partial charge in [0, 0.05) is 32.7 Å². The van der Waals surface area contributed by atoms with Gasteiger partial charge in [-0.1, -0.05) is 30.3 Å². The van der Waals surface area contributed by atoms with Crippen LogP contribution in [-0.4, -0.2) is 31.1 Å². The van der Waals surface area contributed by atoms with Gasteiger partial charge in [-0.2, -0.15) is 0 Å². The lowest BCUT2D eigenvalue weighted by Crippen LogP contribution is -2.30. The Morgan fingerprint density at radius 1 is 1.19 bits per heavy atom. The second-order valence-corrected chi connectivity index (χ2v) is 5.37. The van der Waals surface area contributed by atoms with Gasteiger partial charge in [-0.25, -0.2) is 0 Å². The molecule has 0 aromatic heterocycles. The van der Waals surface area contributed by atoms with Crippen molar-refractivity contribution in [1.29, 1.82) is 0 Å². The zero-order chi connectivity index (χ0) is 10.8. The molecule has 1 saturated carbocycles. The zero-order valence-corrected chi connectivity index (χ0v) is 9.78. The molecule has 2 nitrogen and oxygen atoms in total. The molecule has 86 valence electrons. The van der Waals surface area contributed by atoms with Crippen LogP contribution in [0.25, 0.3) is 0 Å². The fraction of sp³-hybridized carbons (Fsp3) is 0.571. The summed E-state index contributed by atoms with van der Waals surface area (Å²) < 4.78 is 0. The Bertz CT molecular complexity index is 343. The molecule has 0 unspecified atom stereocenters. The average Bonchev–Trinajstić information content (AvgIpc) is 3.09. The number of nitrogens with one attached hydrogen (secondary N) is 1. The summed E-state index contributed by atoms with van der Waals surface area (Å²) in [4.78, 5) is 2.61. The van der Waals surface area contributed by atoms with E-state index in [0.717, 1.165) is 13.1 Å². The summed E-state index contributed by atoms with van der Waals surface area (Å²) in [6.45, 7) is 5.97. The molecule has 2 heteroatoms. The summed E-state index contributed by atoms with van der Waals surface area (Å²) in [5.74, 6) is 0. The van der Waals surface area contributed by atoms with Crippen LogP contribution < -0.4 is 5.32 Å². The normalized spacial score (nSPS) is 24.2. The van der Waals surface area contributed by atoms with E-state index in [1.165, 1.54) is 38.0 Å². The monoisotopic (exact) mass is 216 g/mol. The number of rotatable bonds is 2. The topological polar surface area (TPSA) is 15.3 Å². The largest absolute Gasteiger partial charge is 0.315 e. The Labute approximate surface area is 97.6 Å². The Morgan fingerprint density at radius 2 is 2.00 bits per heavy atom. The summed E-state index contributed by atoms with van der Waals surface area (Å²) >= 11 is 0. The van der Waals surface area contributed by atoms with Crippen molar-refractivity contribution < 1.29 is 0 Å². The molecule has 1 N–H and O–H groups in total. The fourth-order valence-electron chi connectivity index (χ4n) is 2.69. The van der Waals surface area contributed by atoms with Gasteiger partial charge in [-0.15, -0.1) is 0 Å². The number of hydrogen-bond acceptors (Lipinski definition) is 2. The van der Waals surface area contributed by atoms with E-state index in [1.807, 2.05) is 0 Å². The third-order valence-electron chi connectivity index (χ3n) is 3.87. The first kappa shape index (κ1) is 10.3. The molecule has 1 aromatic rings. The molecule has 0 radical (unpaired) electrons. The molecule has 16 heavy (non-hydrogen) atoms. The van der Waals surface area contributed by atoms with Crippen LogP contribution in [0.3, 0.4) is 0 Å². The second kappa shape index (κ2) is 4.19. The third kappa shape index (κ3) is 2.28. The average molecular weight is 216 g/mol. The lowest BCUT2D eigenvalue weighted by molar-refractivity contribution is 0.240. The van der Waals surface area contributed by atoms with Gasteiger partial charge in [-0.05, 0) is 23.8 Å². The smallest absolute Gasteiger partial charge is 0.0234 e. The molecule has 2 aliphatic rings. The molecule has 1 saturated heterocycles. The van der Waals surface area contributed by atoms with Crippen LogP contribution in [0.5, 0.6) is 0 Å². The molecular weight excluding hydrogens is 196 g/mol. The summed E-state index contributed by atoms with van der Waals surface area (Å²) in [6.07, 6.45) is 2.84. The number of nitrogens with zero attached hydrogens (tertiary/aromatic N) is 1. The van der Waals surface area contributed by atoms with Crippen molar-refractivity contribution in [1.82, 2.24) is 10.2 Å². The minimum absolute atomic E-state index is 0.630. The molecule has 0 amide bonds. The minimum atomic E-state index is 0.630. The molecule has 0 bridgehead atoms. The summed E-state index contributed by atoms with van der Waals surface area (Å²) in [6, 6.07) is 10.8. The van der Waals surface area contributed by atoms with Gasteiger partial charge in [0.25, 0.3) is 0 Å². The summed E-state index contributed by atoms with van der Waals surface area (Å²) in [5.41, 5.74) is 2.07. The SMILES string of the molecule is c1ccc(CN2CCNCC3(CC3)C2)cc1. The number of benzene rings is 1. The van der Waals surface area contributed by atoms with Gasteiger partial charge >= 0.3 is 0 Å². The van der Waals surface area contributed by atoms with E-state index in [9.17, 15) is 0 Å². The molecule has 1 aliphatic heterocycles. The second-order valence-electron chi connectivity index (χ2n) is 5.37. The quantitative estimate of drug-likeness (QED) is 0.812. The van der Waals surface area contributed by atoms with E-state index in [2.05, 4.69) is 40.5 Å². The van der Waals surface area contributed by atoms with E-state index >= 15 is 0 Å². The Balaban J connectivity index is 1.65. The van der Waals surface area contributed by atoms with Crippen LogP contribution in [0.1, 0.15) is 18.4 Å². The maximum atomic E-state index is 3.57. The van der Waals surface area contributed by atoms with Gasteiger partial charge in [-0.3, -0.25) is 4.90 Å². The van der Waals surface area contributed by atoms with Crippen LogP contribution in [0, 0.1) is 5.41 Å². The molecule has 0 atom stereocenters. The fourth-order valence-corrected chi connectivity index (χ4v) is 2.69. The molecule has 1 aliphatic carbocycles. The van der Waals surface area contributed by atoms with E-state index in [4.69, 9.17) is 0 Å². The molecule has 2 fully saturated rings. The Kier molecular flexibility index (Phi) is 2.70. The van der Waals surface area contributed by atoms with Crippen molar-refractivity contribution in [2.75, 3.05) is 26.2 Å². The first-order valence-electron chi connectivity index (χ1n) is 6.33. The maximum Gasteiger partial charge on any atom is 0.0234 e. The first-order chi connectivity index (χ1) is 7.86. The van der Waals surface area contributed by atoms with E-state index in [1.54, 1.807) is 0 Å². The van der Waals surface area contributed by atoms with Crippen LogP contribution in [0.2, 0.25) is 0 Å². The molecule has 1 spiro atoms. The van der Waals surface area contributed by atoms with E-state index < -0.39 is 0 Å². The highest BCUT2D eigenvalue weighted by Gasteiger charge is 2.44. The minimum Gasteiger partial charge on any atom is -0.315 e. The van der Waals surface area contributed by atoms with Gasteiger partial charge in [0.15, 0.2) is 0 Å².